The van der Waals surface area contributed by atoms with Crippen molar-refractivity contribution in [1.29, 1.82) is 0 Å². The summed E-state index contributed by atoms with van der Waals surface area (Å²) in [6.45, 7) is 0.429. The lowest BCUT2D eigenvalue weighted by molar-refractivity contribution is 0.454. The number of nitrogens with one attached hydrogen (secondary N) is 3. The smallest absolute Gasteiger partial charge is 0.326 e. The third kappa shape index (κ3) is 4.33. The Kier molecular flexibility index (Phi) is 5.18. The van der Waals surface area contributed by atoms with E-state index in [1.165, 1.54) is 6.07 Å². The molecule has 1 fully saturated rings. The molecule has 0 saturated heterocycles. The van der Waals surface area contributed by atoms with Crippen molar-refractivity contribution < 1.29 is 9.50 Å². The van der Waals surface area contributed by atoms with E-state index >= 15 is 0 Å². The van der Waals surface area contributed by atoms with Gasteiger partial charge in [0.05, 0.1) is 12.2 Å². The van der Waals surface area contributed by atoms with Gasteiger partial charge in [-0.2, -0.15) is 9.61 Å². The molecule has 11 heteroatoms. The largest absolute Gasteiger partial charge is 0.493 e. The van der Waals surface area contributed by atoms with E-state index < -0.39 is 5.69 Å². The molecule has 4 heterocycles. The molecule has 176 valence electrons. The molecule has 9 nitrogen and oxygen atoms in total. The maximum atomic E-state index is 14.0. The molecule has 1 aromatic carbocycles. The van der Waals surface area contributed by atoms with E-state index in [1.54, 1.807) is 40.3 Å². The number of aromatic amines is 2. The number of aromatic hydroxyl groups is 1. The summed E-state index contributed by atoms with van der Waals surface area (Å²) in [5.74, 6) is 0.0388. The highest BCUT2D eigenvalue weighted by molar-refractivity contribution is 7.13. The lowest BCUT2D eigenvalue weighted by Gasteiger charge is -2.11. The van der Waals surface area contributed by atoms with Crippen molar-refractivity contribution in [2.45, 2.75) is 25.4 Å². The van der Waals surface area contributed by atoms with Crippen LogP contribution in [0.1, 0.15) is 24.1 Å². The van der Waals surface area contributed by atoms with Crippen LogP contribution in [0.3, 0.4) is 0 Å². The Morgan fingerprint density at radius 1 is 1.29 bits per heavy atom. The van der Waals surface area contributed by atoms with Crippen molar-refractivity contribution in [3.05, 3.63) is 86.2 Å². The molecule has 1 aliphatic carbocycles. The lowest BCUT2D eigenvalue weighted by atomic mass is 10.1. The summed E-state index contributed by atoms with van der Waals surface area (Å²) < 4.78 is 15.6. The van der Waals surface area contributed by atoms with Crippen molar-refractivity contribution in [1.82, 2.24) is 24.6 Å². The number of nitrogens with zero attached hydrogens (tertiary/aromatic N) is 4. The molecule has 6 rings (SSSR count). The van der Waals surface area contributed by atoms with Crippen LogP contribution in [-0.4, -0.2) is 35.7 Å². The summed E-state index contributed by atoms with van der Waals surface area (Å²) in [5, 5.41) is 20.3. The molecule has 0 atom stereocenters. The minimum Gasteiger partial charge on any atom is -0.493 e. The molecule has 0 spiro atoms. The molecule has 0 bridgehead atoms. The molecule has 1 saturated carbocycles. The average molecular weight is 490 g/mol. The van der Waals surface area contributed by atoms with Gasteiger partial charge in [0.25, 0.3) is 0 Å². The van der Waals surface area contributed by atoms with Crippen LogP contribution in [-0.2, 0) is 6.54 Å². The van der Waals surface area contributed by atoms with E-state index in [-0.39, 0.29) is 23.4 Å². The third-order valence-electron chi connectivity index (χ3n) is 5.70. The number of hydrogen-bond acceptors (Lipinski definition) is 7. The Labute approximate surface area is 201 Å². The molecule has 0 unspecified atom stereocenters. The number of anilines is 1. The molecule has 0 radical (unpaired) electrons. The number of imidazole rings is 1. The fourth-order valence-corrected chi connectivity index (χ4v) is 4.61. The molecule has 0 aliphatic heterocycles. The SMILES string of the molecule is O=c1[nH]c(O)c(C=c2cnn3c(=NC4CC4)cc(NCc4ccc(F)cc4-c4cccs4)nc23)[nH]1. The molecule has 4 aromatic heterocycles. The van der Waals surface area contributed by atoms with Crippen molar-refractivity contribution in [3.8, 4) is 16.3 Å². The van der Waals surface area contributed by atoms with E-state index in [1.807, 2.05) is 23.6 Å². The second kappa shape index (κ2) is 8.51. The number of halogens is 1. The fourth-order valence-electron chi connectivity index (χ4n) is 3.84. The van der Waals surface area contributed by atoms with Crippen LogP contribution in [0.2, 0.25) is 0 Å². The van der Waals surface area contributed by atoms with Gasteiger partial charge in [-0.3, -0.25) is 9.98 Å². The topological polar surface area (TPSA) is 123 Å². The quantitative estimate of drug-likeness (QED) is 0.292. The maximum absolute atomic E-state index is 14.0. The Morgan fingerprint density at radius 2 is 2.17 bits per heavy atom. The van der Waals surface area contributed by atoms with Crippen LogP contribution < -0.4 is 21.7 Å². The first-order chi connectivity index (χ1) is 17.0. The van der Waals surface area contributed by atoms with Gasteiger partial charge in [0.15, 0.2) is 11.1 Å². The molecular weight excluding hydrogens is 469 g/mol. The van der Waals surface area contributed by atoms with Gasteiger partial charge >= 0.3 is 5.69 Å². The molecule has 5 aromatic rings. The number of benzene rings is 1. The van der Waals surface area contributed by atoms with Gasteiger partial charge < -0.3 is 15.4 Å². The molecule has 35 heavy (non-hydrogen) atoms. The van der Waals surface area contributed by atoms with Gasteiger partial charge in [-0.1, -0.05) is 12.1 Å². The number of aromatic nitrogens is 5. The van der Waals surface area contributed by atoms with Gasteiger partial charge in [0.2, 0.25) is 5.88 Å². The minimum atomic E-state index is -0.509. The summed E-state index contributed by atoms with van der Waals surface area (Å²) in [6, 6.07) is 10.8. The van der Waals surface area contributed by atoms with Crippen LogP contribution in [0, 0.1) is 5.82 Å². The van der Waals surface area contributed by atoms with Gasteiger partial charge in [-0.05, 0) is 53.6 Å². The summed E-state index contributed by atoms with van der Waals surface area (Å²) in [4.78, 5) is 26.8. The fraction of sp³-hybridized carbons (Fsp3) is 0.167. The predicted molar refractivity (Wildman–Crippen MR) is 130 cm³/mol. The predicted octanol–water partition coefficient (Wildman–Crippen LogP) is 2.54. The first kappa shape index (κ1) is 21.3. The zero-order chi connectivity index (χ0) is 23.9. The van der Waals surface area contributed by atoms with Gasteiger partial charge in [0, 0.05) is 22.7 Å². The number of rotatable bonds is 6. The average Bonchev–Trinajstić information content (AvgIpc) is 3.19. The van der Waals surface area contributed by atoms with Crippen molar-refractivity contribution in [3.63, 3.8) is 0 Å². The van der Waals surface area contributed by atoms with Crippen LogP contribution in [0.25, 0.3) is 22.2 Å². The molecule has 1 aliphatic rings. The van der Waals surface area contributed by atoms with Crippen LogP contribution in [0.4, 0.5) is 10.2 Å². The monoisotopic (exact) mass is 489 g/mol. The summed E-state index contributed by atoms with van der Waals surface area (Å²) in [6.07, 6.45) is 5.27. The zero-order valence-electron chi connectivity index (χ0n) is 18.3. The number of fused-ring (bicyclic) bond motifs is 1. The second-order valence-corrected chi connectivity index (χ2v) is 9.26. The van der Waals surface area contributed by atoms with Crippen molar-refractivity contribution in [2.24, 2.45) is 4.99 Å². The Hall–Kier alpha value is -4.25. The van der Waals surface area contributed by atoms with Crippen LogP contribution >= 0.6 is 11.3 Å². The normalized spacial score (nSPS) is 14.8. The highest BCUT2D eigenvalue weighted by Crippen LogP contribution is 2.29. The second-order valence-electron chi connectivity index (χ2n) is 8.31. The number of H-pyrrole nitrogens is 2. The number of thiophene rings is 1. The highest BCUT2D eigenvalue weighted by atomic mass is 32.1. The summed E-state index contributed by atoms with van der Waals surface area (Å²) in [5.41, 5.74) is 2.67. The van der Waals surface area contributed by atoms with E-state index in [0.29, 0.717) is 28.7 Å². The molecular formula is C24H20FN7O2S. The molecule has 0 amide bonds. The van der Waals surface area contributed by atoms with Crippen LogP contribution in [0.15, 0.2) is 57.8 Å². The van der Waals surface area contributed by atoms with Gasteiger partial charge in [-0.15, -0.1) is 11.3 Å². The Balaban J connectivity index is 1.41. The van der Waals surface area contributed by atoms with E-state index in [0.717, 1.165) is 28.8 Å². The first-order valence-corrected chi connectivity index (χ1v) is 11.9. The minimum absolute atomic E-state index is 0.234. The van der Waals surface area contributed by atoms with E-state index in [4.69, 9.17) is 9.98 Å². The molecule has 4 N–H and O–H groups in total. The third-order valence-corrected chi connectivity index (χ3v) is 6.60. The Morgan fingerprint density at radius 3 is 2.91 bits per heavy atom. The van der Waals surface area contributed by atoms with E-state index in [2.05, 4.69) is 20.4 Å². The standard InChI is InChI=1S/C24H20FN7O2S/c25-15-4-3-13(17(9-15)19-2-1-7-35-19)11-26-20-10-21(28-16-5-6-16)32-22(30-20)14(12-27-32)8-18-23(33)31-24(34)29-18/h1-4,7-10,12,16,26,33H,5-6,11H2,(H2,29,31,34). The lowest BCUT2D eigenvalue weighted by Crippen LogP contribution is -2.20. The first-order valence-electron chi connectivity index (χ1n) is 11.1. The maximum Gasteiger partial charge on any atom is 0.326 e. The van der Waals surface area contributed by atoms with Crippen LogP contribution in [0.5, 0.6) is 5.88 Å². The Bertz CT molecular complexity index is 1710. The zero-order valence-corrected chi connectivity index (χ0v) is 19.1. The van der Waals surface area contributed by atoms with Crippen molar-refractivity contribution >= 4 is 28.9 Å². The van der Waals surface area contributed by atoms with Crippen molar-refractivity contribution in [2.75, 3.05) is 5.32 Å². The van der Waals surface area contributed by atoms with Gasteiger partial charge in [0.1, 0.15) is 17.3 Å². The summed E-state index contributed by atoms with van der Waals surface area (Å²) >= 11 is 1.56. The van der Waals surface area contributed by atoms with Gasteiger partial charge in [-0.25, -0.2) is 14.2 Å². The number of hydrogen-bond donors (Lipinski definition) is 4. The highest BCUT2D eigenvalue weighted by Gasteiger charge is 2.20. The van der Waals surface area contributed by atoms with E-state index in [9.17, 15) is 14.3 Å². The summed E-state index contributed by atoms with van der Waals surface area (Å²) in [7, 11) is 0.